The number of hydrogen-bond donors (Lipinski definition) is 0. The fraction of sp³-hybridized carbons (Fsp3) is 0.367. The number of carbonyl (C=O) groups is 1. The van der Waals surface area contributed by atoms with E-state index in [2.05, 4.69) is 27.6 Å². The summed E-state index contributed by atoms with van der Waals surface area (Å²) in [6.45, 7) is 12.4. The molecule has 1 aromatic heterocycles. The molecule has 0 amide bonds. The fourth-order valence-electron chi connectivity index (χ4n) is 4.52. The van der Waals surface area contributed by atoms with Crippen LogP contribution in [-0.2, 0) is 9.53 Å². The number of benzene rings is 2. The summed E-state index contributed by atoms with van der Waals surface area (Å²) in [6, 6.07) is 10.5. The molecule has 1 atom stereocenters. The van der Waals surface area contributed by atoms with Crippen molar-refractivity contribution in [3.8, 4) is 17.2 Å². The molecule has 2 aromatic carbocycles. The van der Waals surface area contributed by atoms with Crippen molar-refractivity contribution in [1.29, 1.82) is 0 Å². The summed E-state index contributed by atoms with van der Waals surface area (Å²) < 4.78 is 26.1. The van der Waals surface area contributed by atoms with E-state index in [1.165, 1.54) is 11.3 Å². The molecule has 10 heteroatoms. The van der Waals surface area contributed by atoms with E-state index in [9.17, 15) is 9.59 Å². The lowest BCUT2D eigenvalue weighted by Gasteiger charge is -2.26. The van der Waals surface area contributed by atoms with Gasteiger partial charge < -0.3 is 18.9 Å². The average molecular weight is 677 g/mol. The molecule has 8 nitrogen and oxygen atoms in total. The number of thiazole rings is 1. The Morgan fingerprint density at radius 1 is 1.10 bits per heavy atom. The molecule has 0 fully saturated rings. The zero-order valence-electron chi connectivity index (χ0n) is 23.4. The SMILES string of the molecule is CCOC(=O)C1=C(C)N=c2s/c(=C\c3cc(I)c(OCC)c(OCC)c3)c(=O)n2[C@@H]1c1ccccc1OC(C)C. The quantitative estimate of drug-likeness (QED) is 0.222. The van der Waals surface area contributed by atoms with E-state index in [-0.39, 0.29) is 18.3 Å². The Labute approximate surface area is 251 Å². The van der Waals surface area contributed by atoms with Crippen LogP contribution in [0.3, 0.4) is 0 Å². The average Bonchev–Trinajstić information content (AvgIpc) is 3.19. The highest BCUT2D eigenvalue weighted by Crippen LogP contribution is 2.37. The van der Waals surface area contributed by atoms with E-state index in [4.69, 9.17) is 18.9 Å². The molecule has 0 bridgehead atoms. The Morgan fingerprint density at radius 3 is 2.50 bits per heavy atom. The first-order valence-corrected chi connectivity index (χ1v) is 15.1. The third-order valence-electron chi connectivity index (χ3n) is 6.01. The maximum Gasteiger partial charge on any atom is 0.338 e. The molecule has 1 aliphatic rings. The summed E-state index contributed by atoms with van der Waals surface area (Å²) in [7, 11) is 0. The molecule has 0 saturated carbocycles. The van der Waals surface area contributed by atoms with Crippen LogP contribution in [0, 0.1) is 3.57 Å². The van der Waals surface area contributed by atoms with Crippen LogP contribution in [0.4, 0.5) is 0 Å². The third-order valence-corrected chi connectivity index (χ3v) is 7.80. The first-order chi connectivity index (χ1) is 19.2. The minimum atomic E-state index is -0.758. The Balaban J connectivity index is 1.95. The van der Waals surface area contributed by atoms with Gasteiger partial charge in [0.25, 0.3) is 5.56 Å². The molecule has 0 spiro atoms. The smallest absolute Gasteiger partial charge is 0.338 e. The monoisotopic (exact) mass is 676 g/mol. The molecule has 0 saturated heterocycles. The van der Waals surface area contributed by atoms with Gasteiger partial charge in [0.05, 0.1) is 45.3 Å². The van der Waals surface area contributed by atoms with E-state index in [1.807, 2.05) is 70.2 Å². The van der Waals surface area contributed by atoms with Crippen LogP contribution >= 0.6 is 33.9 Å². The summed E-state index contributed by atoms with van der Waals surface area (Å²) >= 11 is 3.48. The van der Waals surface area contributed by atoms with Gasteiger partial charge in [-0.25, -0.2) is 9.79 Å². The summed E-state index contributed by atoms with van der Waals surface area (Å²) in [5, 5.41) is 0. The van der Waals surface area contributed by atoms with Crippen molar-refractivity contribution >= 4 is 46.0 Å². The van der Waals surface area contributed by atoms with Gasteiger partial charge in [0.15, 0.2) is 16.3 Å². The molecule has 1 aliphatic heterocycles. The van der Waals surface area contributed by atoms with Crippen LogP contribution in [0.15, 0.2) is 57.5 Å². The fourth-order valence-corrected chi connectivity index (χ4v) is 6.35. The maximum atomic E-state index is 14.0. The normalized spacial score (nSPS) is 15.1. The maximum absolute atomic E-state index is 14.0. The molecular weight excluding hydrogens is 643 g/mol. The van der Waals surface area contributed by atoms with Crippen LogP contribution in [-0.4, -0.2) is 36.5 Å². The van der Waals surface area contributed by atoms with Crippen molar-refractivity contribution in [3.05, 3.63) is 82.1 Å². The second-order valence-corrected chi connectivity index (χ2v) is 11.4. The van der Waals surface area contributed by atoms with Crippen molar-refractivity contribution in [3.63, 3.8) is 0 Å². The van der Waals surface area contributed by atoms with Gasteiger partial charge in [0, 0.05) is 5.56 Å². The molecule has 0 aliphatic carbocycles. The Kier molecular flexibility index (Phi) is 9.72. The van der Waals surface area contributed by atoms with Gasteiger partial charge >= 0.3 is 5.97 Å². The number of hydrogen-bond acceptors (Lipinski definition) is 8. The van der Waals surface area contributed by atoms with Gasteiger partial charge in [-0.2, -0.15) is 0 Å². The standard InChI is InChI=1S/C30H33IN2O6S/c1-7-36-23-15-19(14-21(31)27(23)37-8-2)16-24-28(34)33-26(20-12-10-11-13-22(20)39-17(4)5)25(29(35)38-9-3)18(6)32-30(33)40-24/h10-17,26H,7-9H2,1-6H3/b24-16-/t26-/m1/s1. The number of carbonyl (C=O) groups excluding carboxylic acids is 1. The van der Waals surface area contributed by atoms with Crippen LogP contribution < -0.4 is 29.1 Å². The van der Waals surface area contributed by atoms with Gasteiger partial charge in [0.2, 0.25) is 0 Å². The minimum absolute atomic E-state index is 0.102. The highest BCUT2D eigenvalue weighted by molar-refractivity contribution is 14.1. The lowest BCUT2D eigenvalue weighted by atomic mass is 9.95. The van der Waals surface area contributed by atoms with Crippen LogP contribution in [0.25, 0.3) is 6.08 Å². The second-order valence-electron chi connectivity index (χ2n) is 9.20. The first kappa shape index (κ1) is 29.9. The first-order valence-electron chi connectivity index (χ1n) is 13.2. The number of esters is 1. The highest BCUT2D eigenvalue weighted by Gasteiger charge is 2.35. The highest BCUT2D eigenvalue weighted by atomic mass is 127. The molecule has 0 radical (unpaired) electrons. The topological polar surface area (TPSA) is 88.4 Å². The van der Waals surface area contributed by atoms with E-state index in [0.29, 0.717) is 56.6 Å². The Hall–Kier alpha value is -3.12. The summed E-state index contributed by atoms with van der Waals surface area (Å²) in [5.74, 6) is 1.38. The van der Waals surface area contributed by atoms with Gasteiger partial charge in [-0.05, 0) is 94.0 Å². The number of ether oxygens (including phenoxy) is 4. The van der Waals surface area contributed by atoms with E-state index in [0.717, 1.165) is 9.13 Å². The lowest BCUT2D eigenvalue weighted by Crippen LogP contribution is -2.40. The number of rotatable bonds is 10. The molecule has 40 heavy (non-hydrogen) atoms. The molecule has 212 valence electrons. The molecule has 4 rings (SSSR count). The van der Waals surface area contributed by atoms with Crippen molar-refractivity contribution in [1.82, 2.24) is 4.57 Å². The number of para-hydroxylation sites is 1. The lowest BCUT2D eigenvalue weighted by molar-refractivity contribution is -0.139. The van der Waals surface area contributed by atoms with Crippen LogP contribution in [0.2, 0.25) is 0 Å². The molecule has 3 aromatic rings. The number of halogens is 1. The van der Waals surface area contributed by atoms with E-state index in [1.54, 1.807) is 18.4 Å². The van der Waals surface area contributed by atoms with Gasteiger partial charge in [-0.3, -0.25) is 9.36 Å². The van der Waals surface area contributed by atoms with Crippen molar-refractivity contribution in [2.75, 3.05) is 19.8 Å². The largest absolute Gasteiger partial charge is 0.491 e. The van der Waals surface area contributed by atoms with Crippen LogP contribution in [0.5, 0.6) is 17.2 Å². The molecule has 0 N–H and O–H groups in total. The number of aromatic nitrogens is 1. The number of nitrogens with zero attached hydrogens (tertiary/aromatic N) is 2. The summed E-state index contributed by atoms with van der Waals surface area (Å²) in [5.41, 5.74) is 2.04. The third kappa shape index (κ3) is 6.12. The molecular formula is C30H33IN2O6S. The zero-order valence-corrected chi connectivity index (χ0v) is 26.4. The van der Waals surface area contributed by atoms with Crippen molar-refractivity contribution in [2.24, 2.45) is 4.99 Å². The van der Waals surface area contributed by atoms with Crippen LogP contribution in [0.1, 0.15) is 58.7 Å². The van der Waals surface area contributed by atoms with Crippen molar-refractivity contribution in [2.45, 2.75) is 53.7 Å². The van der Waals surface area contributed by atoms with Gasteiger partial charge in [-0.1, -0.05) is 29.5 Å². The minimum Gasteiger partial charge on any atom is -0.491 e. The predicted octanol–water partition coefficient (Wildman–Crippen LogP) is 4.99. The predicted molar refractivity (Wildman–Crippen MR) is 164 cm³/mol. The Bertz CT molecular complexity index is 1620. The zero-order chi connectivity index (χ0) is 29.0. The van der Waals surface area contributed by atoms with E-state index < -0.39 is 12.0 Å². The molecule has 2 heterocycles. The summed E-state index contributed by atoms with van der Waals surface area (Å²) in [6.07, 6.45) is 1.72. The summed E-state index contributed by atoms with van der Waals surface area (Å²) in [4.78, 5) is 32.5. The number of fused-ring (bicyclic) bond motifs is 1. The number of allylic oxidation sites excluding steroid dienone is 1. The van der Waals surface area contributed by atoms with Crippen molar-refractivity contribution < 1.29 is 23.7 Å². The van der Waals surface area contributed by atoms with Gasteiger partial charge in [-0.15, -0.1) is 0 Å². The Morgan fingerprint density at radius 2 is 1.82 bits per heavy atom. The molecule has 0 unspecified atom stereocenters. The van der Waals surface area contributed by atoms with Gasteiger partial charge in [0.1, 0.15) is 11.8 Å². The van der Waals surface area contributed by atoms with E-state index >= 15 is 0 Å². The second kappa shape index (κ2) is 13.0.